The first-order valence-corrected chi connectivity index (χ1v) is 3.78. The van der Waals surface area contributed by atoms with Crippen LogP contribution in [0.3, 0.4) is 0 Å². The lowest BCUT2D eigenvalue weighted by Crippen LogP contribution is -2.02. The average Bonchev–Trinajstić information content (AvgIpc) is 2.30. The molecule has 1 aromatic heterocycles. The topological polar surface area (TPSA) is 44.1 Å². The number of halogens is 1. The van der Waals surface area contributed by atoms with Crippen LogP contribution in [0.5, 0.6) is 0 Å². The van der Waals surface area contributed by atoms with Gasteiger partial charge in [0.1, 0.15) is 12.4 Å². The lowest BCUT2D eigenvalue weighted by molar-refractivity contribution is 0.164. The molecule has 0 spiro atoms. The number of rotatable bonds is 2. The van der Waals surface area contributed by atoms with E-state index in [1.165, 1.54) is 0 Å². The quantitative estimate of drug-likeness (QED) is 0.663. The third-order valence-electron chi connectivity index (χ3n) is 1.65. The summed E-state index contributed by atoms with van der Waals surface area (Å²) in [5.74, 6) is 0.871. The first kappa shape index (κ1) is 9.06. The first-order valence-electron chi connectivity index (χ1n) is 3.40. The highest BCUT2D eigenvalue weighted by molar-refractivity contribution is 6.61. The van der Waals surface area contributed by atoms with Crippen LogP contribution in [0, 0.1) is 6.92 Å². The summed E-state index contributed by atoms with van der Waals surface area (Å²) in [6.07, 6.45) is 1.65. The van der Waals surface area contributed by atoms with Gasteiger partial charge in [-0.05, 0) is 6.92 Å². The summed E-state index contributed by atoms with van der Waals surface area (Å²) in [4.78, 5) is 14.3. The molecule has 5 heteroatoms. The predicted octanol–water partition coefficient (Wildman–Crippen LogP) is 1.60. The van der Waals surface area contributed by atoms with Gasteiger partial charge in [-0.1, -0.05) is 0 Å². The summed E-state index contributed by atoms with van der Waals surface area (Å²) >= 11 is 5.00. The number of carbonyl (C=O) groups is 1. The van der Waals surface area contributed by atoms with Gasteiger partial charge < -0.3 is 9.30 Å². The van der Waals surface area contributed by atoms with Gasteiger partial charge in [-0.3, -0.25) is 0 Å². The maximum Gasteiger partial charge on any atom is 0.404 e. The Morgan fingerprint density at radius 3 is 2.92 bits per heavy atom. The Morgan fingerprint density at radius 1 is 1.83 bits per heavy atom. The Labute approximate surface area is 75.1 Å². The van der Waals surface area contributed by atoms with E-state index in [0.29, 0.717) is 0 Å². The van der Waals surface area contributed by atoms with E-state index < -0.39 is 5.43 Å². The molecule has 0 aromatic carbocycles. The van der Waals surface area contributed by atoms with Crippen molar-refractivity contribution >= 4 is 17.0 Å². The van der Waals surface area contributed by atoms with Crippen LogP contribution in [-0.2, 0) is 18.4 Å². The number of hydrogen-bond donors (Lipinski definition) is 0. The molecule has 66 valence electrons. The van der Waals surface area contributed by atoms with E-state index in [1.54, 1.807) is 6.20 Å². The lowest BCUT2D eigenvalue weighted by Gasteiger charge is -2.02. The highest BCUT2D eigenvalue weighted by atomic mass is 35.5. The Balaban J connectivity index is 2.63. The molecule has 0 aliphatic rings. The molecule has 1 aromatic rings. The number of ether oxygens (including phenoxy) is 1. The van der Waals surface area contributed by atoms with Gasteiger partial charge in [0, 0.05) is 18.6 Å². The second kappa shape index (κ2) is 3.58. The molecule has 0 aliphatic carbocycles. The molecular weight excluding hydrogens is 180 g/mol. The third kappa shape index (κ3) is 1.98. The van der Waals surface area contributed by atoms with Crippen LogP contribution in [0.15, 0.2) is 6.20 Å². The van der Waals surface area contributed by atoms with Crippen molar-refractivity contribution in [1.82, 2.24) is 9.55 Å². The average molecular weight is 189 g/mol. The zero-order valence-electron chi connectivity index (χ0n) is 6.87. The second-order valence-corrected chi connectivity index (χ2v) is 2.69. The summed E-state index contributed by atoms with van der Waals surface area (Å²) in [7, 11) is 1.85. The minimum absolute atomic E-state index is 0.166. The Hall–Kier alpha value is -1.03. The Bertz CT molecular complexity index is 296. The van der Waals surface area contributed by atoms with Crippen molar-refractivity contribution in [2.24, 2.45) is 7.05 Å². The lowest BCUT2D eigenvalue weighted by atomic mass is 10.5. The van der Waals surface area contributed by atoms with Gasteiger partial charge in [0.25, 0.3) is 0 Å². The fourth-order valence-electron chi connectivity index (χ4n) is 0.814. The number of aromatic nitrogens is 2. The molecule has 0 radical (unpaired) electrons. The molecular formula is C7H9ClN2O2. The Kier molecular flexibility index (Phi) is 2.70. The maximum atomic E-state index is 10.2. The minimum atomic E-state index is -0.797. The maximum absolute atomic E-state index is 10.2. The van der Waals surface area contributed by atoms with Crippen LogP contribution < -0.4 is 0 Å². The fourth-order valence-corrected chi connectivity index (χ4v) is 0.868. The highest BCUT2D eigenvalue weighted by Crippen LogP contribution is 2.04. The van der Waals surface area contributed by atoms with Crippen LogP contribution in [-0.4, -0.2) is 15.0 Å². The normalized spacial score (nSPS) is 9.92. The van der Waals surface area contributed by atoms with Crippen molar-refractivity contribution in [3.8, 4) is 0 Å². The molecule has 0 saturated carbocycles. The molecule has 0 aliphatic heterocycles. The number of imidazole rings is 1. The first-order chi connectivity index (χ1) is 5.61. The van der Waals surface area contributed by atoms with E-state index in [4.69, 9.17) is 11.6 Å². The SMILES string of the molecule is Cc1ncc(COC(=O)Cl)n1C. The van der Waals surface area contributed by atoms with Crippen molar-refractivity contribution < 1.29 is 9.53 Å². The molecule has 1 heterocycles. The van der Waals surface area contributed by atoms with Crippen LogP contribution in [0.25, 0.3) is 0 Å². The van der Waals surface area contributed by atoms with Gasteiger partial charge in [0.05, 0.1) is 11.9 Å². The van der Waals surface area contributed by atoms with E-state index >= 15 is 0 Å². The standard InChI is InChI=1S/C7H9ClN2O2/c1-5-9-3-6(10(5)2)4-12-7(8)11/h3H,4H2,1-2H3. The van der Waals surface area contributed by atoms with Crippen molar-refractivity contribution in [1.29, 1.82) is 0 Å². The number of aryl methyl sites for hydroxylation is 1. The largest absolute Gasteiger partial charge is 0.447 e. The molecule has 12 heavy (non-hydrogen) atoms. The summed E-state index contributed by atoms with van der Waals surface area (Å²) < 4.78 is 6.42. The van der Waals surface area contributed by atoms with Crippen LogP contribution in [0.4, 0.5) is 4.79 Å². The van der Waals surface area contributed by atoms with Crippen LogP contribution in [0.1, 0.15) is 11.5 Å². The highest BCUT2D eigenvalue weighted by Gasteiger charge is 2.04. The molecule has 1 rings (SSSR count). The van der Waals surface area contributed by atoms with E-state index in [0.717, 1.165) is 11.5 Å². The third-order valence-corrected chi connectivity index (χ3v) is 1.76. The second-order valence-electron chi connectivity index (χ2n) is 2.38. The number of nitrogens with zero attached hydrogens (tertiary/aromatic N) is 2. The number of hydrogen-bond acceptors (Lipinski definition) is 3. The summed E-state index contributed by atoms with van der Waals surface area (Å²) in [5.41, 5.74) is 0.0235. The summed E-state index contributed by atoms with van der Waals surface area (Å²) in [6.45, 7) is 2.03. The molecule has 0 N–H and O–H groups in total. The van der Waals surface area contributed by atoms with Gasteiger partial charge in [-0.25, -0.2) is 9.78 Å². The molecule has 0 atom stereocenters. The van der Waals surface area contributed by atoms with E-state index in [2.05, 4.69) is 9.72 Å². The predicted molar refractivity (Wildman–Crippen MR) is 44.0 cm³/mol. The van der Waals surface area contributed by atoms with Crippen LogP contribution in [0.2, 0.25) is 0 Å². The summed E-state index contributed by atoms with van der Waals surface area (Å²) in [6, 6.07) is 0. The van der Waals surface area contributed by atoms with E-state index in [1.807, 2.05) is 18.5 Å². The van der Waals surface area contributed by atoms with E-state index in [-0.39, 0.29) is 6.61 Å². The van der Waals surface area contributed by atoms with Crippen molar-refractivity contribution in [3.05, 3.63) is 17.7 Å². The smallest absolute Gasteiger partial charge is 0.404 e. The zero-order chi connectivity index (χ0) is 9.14. The van der Waals surface area contributed by atoms with Crippen molar-refractivity contribution in [3.63, 3.8) is 0 Å². The van der Waals surface area contributed by atoms with Gasteiger partial charge in [-0.2, -0.15) is 0 Å². The van der Waals surface area contributed by atoms with E-state index in [9.17, 15) is 4.79 Å². The molecule has 0 unspecified atom stereocenters. The molecule has 0 bridgehead atoms. The molecule has 4 nitrogen and oxygen atoms in total. The monoisotopic (exact) mass is 188 g/mol. The fraction of sp³-hybridized carbons (Fsp3) is 0.429. The van der Waals surface area contributed by atoms with Crippen LogP contribution >= 0.6 is 11.6 Å². The summed E-state index contributed by atoms with van der Waals surface area (Å²) in [5, 5.41) is 0. The Morgan fingerprint density at radius 2 is 2.50 bits per heavy atom. The molecule has 0 amide bonds. The van der Waals surface area contributed by atoms with Gasteiger partial charge >= 0.3 is 5.43 Å². The zero-order valence-corrected chi connectivity index (χ0v) is 7.63. The minimum Gasteiger partial charge on any atom is -0.447 e. The van der Waals surface area contributed by atoms with Gasteiger partial charge in [0.2, 0.25) is 0 Å². The molecule has 0 fully saturated rings. The van der Waals surface area contributed by atoms with Gasteiger partial charge in [-0.15, -0.1) is 0 Å². The number of carbonyl (C=O) groups excluding carboxylic acids is 1. The van der Waals surface area contributed by atoms with Gasteiger partial charge in [0.15, 0.2) is 0 Å². The van der Waals surface area contributed by atoms with Crippen molar-refractivity contribution in [2.75, 3.05) is 0 Å². The van der Waals surface area contributed by atoms with Crippen molar-refractivity contribution in [2.45, 2.75) is 13.5 Å². The molecule has 0 saturated heterocycles.